The largest absolute Gasteiger partial charge is 0.504 e. The second kappa shape index (κ2) is 6.91. The van der Waals surface area contributed by atoms with Crippen LogP contribution in [-0.4, -0.2) is 22.9 Å². The first-order valence-electron chi connectivity index (χ1n) is 6.06. The number of nitrogens with zero attached hydrogens (tertiary/aromatic N) is 2. The van der Waals surface area contributed by atoms with E-state index in [0.717, 1.165) is 4.47 Å². The van der Waals surface area contributed by atoms with E-state index in [1.165, 1.54) is 6.21 Å². The number of phenolic OH excluding ortho intramolecular Hbond substituents is 1. The summed E-state index contributed by atoms with van der Waals surface area (Å²) in [4.78, 5) is 4.08. The number of benzene rings is 1. The second-order valence-corrected chi connectivity index (χ2v) is 4.78. The topological polar surface area (TPSA) is 66.7 Å². The van der Waals surface area contributed by atoms with E-state index in [2.05, 4.69) is 31.4 Å². The molecule has 20 heavy (non-hydrogen) atoms. The zero-order chi connectivity index (χ0) is 14.4. The molecule has 0 saturated carbocycles. The van der Waals surface area contributed by atoms with E-state index < -0.39 is 0 Å². The summed E-state index contributed by atoms with van der Waals surface area (Å²) in [6.45, 7) is 2.34. The summed E-state index contributed by atoms with van der Waals surface area (Å²) in [7, 11) is 0. The zero-order valence-corrected chi connectivity index (χ0v) is 12.5. The Morgan fingerprint density at radius 2 is 2.30 bits per heavy atom. The van der Waals surface area contributed by atoms with Gasteiger partial charge in [-0.1, -0.05) is 22.0 Å². The van der Waals surface area contributed by atoms with Crippen LogP contribution in [0.2, 0.25) is 0 Å². The molecule has 0 fully saturated rings. The highest BCUT2D eigenvalue weighted by molar-refractivity contribution is 9.10. The number of pyridine rings is 1. The third kappa shape index (κ3) is 3.71. The SMILES string of the molecule is CCOc1cc(Br)cc(/C=N\Nc2ccccn2)c1O. The lowest BCUT2D eigenvalue weighted by Crippen LogP contribution is -1.96. The molecule has 0 saturated heterocycles. The molecule has 0 atom stereocenters. The highest BCUT2D eigenvalue weighted by atomic mass is 79.9. The minimum absolute atomic E-state index is 0.0571. The Kier molecular flexibility index (Phi) is 4.95. The molecule has 2 rings (SSSR count). The van der Waals surface area contributed by atoms with Gasteiger partial charge in [-0.25, -0.2) is 4.98 Å². The van der Waals surface area contributed by atoms with Gasteiger partial charge in [0.15, 0.2) is 11.5 Å². The maximum Gasteiger partial charge on any atom is 0.166 e. The van der Waals surface area contributed by atoms with Gasteiger partial charge < -0.3 is 9.84 Å². The fourth-order valence-corrected chi connectivity index (χ4v) is 2.01. The van der Waals surface area contributed by atoms with Crippen molar-refractivity contribution in [2.75, 3.05) is 12.0 Å². The van der Waals surface area contributed by atoms with E-state index in [9.17, 15) is 5.11 Å². The van der Waals surface area contributed by atoms with Crippen molar-refractivity contribution < 1.29 is 9.84 Å². The number of ether oxygens (including phenoxy) is 1. The van der Waals surface area contributed by atoms with Crippen molar-refractivity contribution in [1.29, 1.82) is 0 Å². The Balaban J connectivity index is 2.16. The number of hydrogen-bond donors (Lipinski definition) is 2. The molecule has 1 aromatic carbocycles. The van der Waals surface area contributed by atoms with Crippen LogP contribution in [0.5, 0.6) is 11.5 Å². The van der Waals surface area contributed by atoms with Gasteiger partial charge in [0.2, 0.25) is 0 Å². The van der Waals surface area contributed by atoms with Crippen molar-refractivity contribution in [3.63, 3.8) is 0 Å². The molecule has 6 heteroatoms. The molecule has 0 aliphatic carbocycles. The Bertz CT molecular complexity index is 603. The van der Waals surface area contributed by atoms with Gasteiger partial charge in [0.05, 0.1) is 12.8 Å². The maximum absolute atomic E-state index is 10.1. The molecular weight excluding hydrogens is 322 g/mol. The van der Waals surface area contributed by atoms with Gasteiger partial charge in [-0.15, -0.1) is 0 Å². The van der Waals surface area contributed by atoms with E-state index in [4.69, 9.17) is 4.74 Å². The molecule has 0 unspecified atom stereocenters. The number of aromatic nitrogens is 1. The Morgan fingerprint density at radius 3 is 3.00 bits per heavy atom. The molecule has 2 N–H and O–H groups in total. The first kappa shape index (κ1) is 14.3. The fourth-order valence-electron chi connectivity index (χ4n) is 1.56. The maximum atomic E-state index is 10.1. The molecule has 1 aromatic heterocycles. The lowest BCUT2D eigenvalue weighted by molar-refractivity contribution is 0.317. The number of nitrogens with one attached hydrogen (secondary N) is 1. The van der Waals surface area contributed by atoms with Crippen LogP contribution in [0.3, 0.4) is 0 Å². The molecule has 104 valence electrons. The molecule has 1 heterocycles. The number of anilines is 1. The monoisotopic (exact) mass is 335 g/mol. The number of rotatable bonds is 5. The molecule has 0 amide bonds. The Hall–Kier alpha value is -2.08. The molecule has 0 aliphatic rings. The predicted molar refractivity (Wildman–Crippen MR) is 82.4 cm³/mol. The normalized spacial score (nSPS) is 10.7. The lowest BCUT2D eigenvalue weighted by Gasteiger charge is -2.08. The van der Waals surface area contributed by atoms with Crippen molar-refractivity contribution >= 4 is 28.0 Å². The van der Waals surface area contributed by atoms with Crippen molar-refractivity contribution in [3.8, 4) is 11.5 Å². The Labute approximate surface area is 125 Å². The highest BCUT2D eigenvalue weighted by Crippen LogP contribution is 2.32. The Morgan fingerprint density at radius 1 is 1.45 bits per heavy atom. The summed E-state index contributed by atoms with van der Waals surface area (Å²) < 4.78 is 6.15. The van der Waals surface area contributed by atoms with Crippen LogP contribution in [-0.2, 0) is 0 Å². The average molecular weight is 336 g/mol. The van der Waals surface area contributed by atoms with Gasteiger partial charge in [0.25, 0.3) is 0 Å². The molecule has 0 radical (unpaired) electrons. The van der Waals surface area contributed by atoms with Gasteiger partial charge in [0, 0.05) is 16.2 Å². The number of aromatic hydroxyl groups is 1. The van der Waals surface area contributed by atoms with Crippen molar-refractivity contribution in [1.82, 2.24) is 4.98 Å². The molecule has 0 spiro atoms. The summed E-state index contributed by atoms with van der Waals surface area (Å²) in [5.41, 5.74) is 3.33. The van der Waals surface area contributed by atoms with E-state index in [-0.39, 0.29) is 5.75 Å². The van der Waals surface area contributed by atoms with Gasteiger partial charge in [-0.05, 0) is 31.2 Å². The third-order valence-corrected chi connectivity index (χ3v) is 2.87. The predicted octanol–water partition coefficient (Wildman–Crippen LogP) is 3.39. The minimum Gasteiger partial charge on any atom is -0.504 e. The summed E-state index contributed by atoms with van der Waals surface area (Å²) in [5.74, 6) is 1.10. The van der Waals surface area contributed by atoms with Crippen LogP contribution >= 0.6 is 15.9 Å². The number of halogens is 1. The van der Waals surface area contributed by atoms with Crippen LogP contribution in [0.1, 0.15) is 12.5 Å². The average Bonchev–Trinajstić information content (AvgIpc) is 2.45. The number of hydrogen-bond acceptors (Lipinski definition) is 5. The van der Waals surface area contributed by atoms with E-state index in [0.29, 0.717) is 23.7 Å². The van der Waals surface area contributed by atoms with Gasteiger partial charge in [-0.2, -0.15) is 5.10 Å². The van der Waals surface area contributed by atoms with E-state index in [1.54, 1.807) is 24.4 Å². The number of phenols is 1. The summed E-state index contributed by atoms with van der Waals surface area (Å²) in [5, 5.41) is 14.1. The molecular formula is C14H14BrN3O2. The van der Waals surface area contributed by atoms with E-state index >= 15 is 0 Å². The van der Waals surface area contributed by atoms with Crippen LogP contribution in [0, 0.1) is 0 Å². The van der Waals surface area contributed by atoms with Gasteiger partial charge in [-0.3, -0.25) is 5.43 Å². The highest BCUT2D eigenvalue weighted by Gasteiger charge is 2.08. The zero-order valence-electron chi connectivity index (χ0n) is 10.9. The van der Waals surface area contributed by atoms with E-state index in [1.807, 2.05) is 19.1 Å². The fraction of sp³-hybridized carbons (Fsp3) is 0.143. The third-order valence-electron chi connectivity index (χ3n) is 2.42. The van der Waals surface area contributed by atoms with Crippen LogP contribution in [0.4, 0.5) is 5.82 Å². The van der Waals surface area contributed by atoms with Gasteiger partial charge >= 0.3 is 0 Å². The second-order valence-electron chi connectivity index (χ2n) is 3.86. The first-order chi connectivity index (χ1) is 9.70. The molecule has 5 nitrogen and oxygen atoms in total. The molecule has 0 bridgehead atoms. The van der Waals surface area contributed by atoms with Crippen molar-refractivity contribution in [2.45, 2.75) is 6.92 Å². The van der Waals surface area contributed by atoms with Crippen molar-refractivity contribution in [3.05, 3.63) is 46.6 Å². The molecule has 0 aliphatic heterocycles. The van der Waals surface area contributed by atoms with Crippen molar-refractivity contribution in [2.24, 2.45) is 5.10 Å². The first-order valence-corrected chi connectivity index (χ1v) is 6.85. The summed E-state index contributed by atoms with van der Waals surface area (Å²) >= 11 is 3.37. The van der Waals surface area contributed by atoms with Crippen LogP contribution in [0.25, 0.3) is 0 Å². The molecule has 2 aromatic rings. The summed E-state index contributed by atoms with van der Waals surface area (Å²) in [6, 6.07) is 8.94. The quantitative estimate of drug-likeness (QED) is 0.649. The standard InChI is InChI=1S/C14H14BrN3O2/c1-2-20-12-8-11(15)7-10(14(12)19)9-17-18-13-5-3-4-6-16-13/h3-9,19H,2H2,1H3,(H,16,18)/b17-9-. The van der Waals surface area contributed by atoms with Crippen LogP contribution in [0.15, 0.2) is 46.1 Å². The summed E-state index contributed by atoms with van der Waals surface area (Å²) in [6.07, 6.45) is 3.18. The van der Waals surface area contributed by atoms with Gasteiger partial charge in [0.1, 0.15) is 5.82 Å². The lowest BCUT2D eigenvalue weighted by atomic mass is 10.2. The minimum atomic E-state index is 0.0571. The van der Waals surface area contributed by atoms with Crippen LogP contribution < -0.4 is 10.2 Å². The smallest absolute Gasteiger partial charge is 0.166 e. The number of hydrazone groups is 1.